The van der Waals surface area contributed by atoms with Crippen LogP contribution in [-0.2, 0) is 11.2 Å². The van der Waals surface area contributed by atoms with E-state index in [1.54, 1.807) is 12.1 Å². The Kier molecular flexibility index (Phi) is 6.71. The van der Waals surface area contributed by atoms with Crippen LogP contribution in [0, 0.1) is 11.7 Å². The largest absolute Gasteiger partial charge is 0.356 e. The Balaban J connectivity index is 1.54. The van der Waals surface area contributed by atoms with Crippen molar-refractivity contribution in [1.29, 1.82) is 0 Å². The summed E-state index contributed by atoms with van der Waals surface area (Å²) in [7, 11) is 0. The molecule has 1 aromatic carbocycles. The molecular formula is C18H26FNO. The van der Waals surface area contributed by atoms with Crippen molar-refractivity contribution in [2.75, 3.05) is 6.54 Å². The monoisotopic (exact) mass is 291 g/mol. The molecule has 1 amide bonds. The van der Waals surface area contributed by atoms with E-state index in [1.807, 2.05) is 0 Å². The highest BCUT2D eigenvalue weighted by atomic mass is 19.1. The summed E-state index contributed by atoms with van der Waals surface area (Å²) in [5.41, 5.74) is 1.05. The molecule has 0 spiro atoms. The predicted octanol–water partition coefficient (Wildman–Crippen LogP) is 4.24. The van der Waals surface area contributed by atoms with E-state index in [1.165, 1.54) is 50.7 Å². The molecule has 1 aromatic rings. The number of amides is 1. The van der Waals surface area contributed by atoms with Gasteiger partial charge in [-0.3, -0.25) is 4.79 Å². The average molecular weight is 291 g/mol. The molecule has 2 rings (SSSR count). The molecule has 1 fully saturated rings. The maximum Gasteiger partial charge on any atom is 0.220 e. The zero-order chi connectivity index (χ0) is 14.9. The van der Waals surface area contributed by atoms with E-state index in [2.05, 4.69) is 5.32 Å². The molecule has 0 atom stereocenters. The molecule has 0 radical (unpaired) electrons. The lowest BCUT2D eigenvalue weighted by Gasteiger charge is -2.21. The van der Waals surface area contributed by atoms with Crippen molar-refractivity contribution in [3.8, 4) is 0 Å². The summed E-state index contributed by atoms with van der Waals surface area (Å²) in [5, 5.41) is 2.95. The first-order valence-electron chi connectivity index (χ1n) is 8.25. The SMILES string of the molecule is O=C(CCCC1CCCCC1)NCCc1ccc(F)cc1. The van der Waals surface area contributed by atoms with Crippen LogP contribution in [0.2, 0.25) is 0 Å². The van der Waals surface area contributed by atoms with E-state index in [9.17, 15) is 9.18 Å². The zero-order valence-corrected chi connectivity index (χ0v) is 12.7. The van der Waals surface area contributed by atoms with Crippen molar-refractivity contribution < 1.29 is 9.18 Å². The normalized spacial score (nSPS) is 15.9. The molecule has 2 nitrogen and oxygen atoms in total. The second-order valence-electron chi connectivity index (χ2n) is 6.12. The first-order valence-corrected chi connectivity index (χ1v) is 8.25. The van der Waals surface area contributed by atoms with Gasteiger partial charge in [-0.25, -0.2) is 4.39 Å². The van der Waals surface area contributed by atoms with E-state index in [-0.39, 0.29) is 11.7 Å². The Labute approximate surface area is 127 Å². The summed E-state index contributed by atoms with van der Waals surface area (Å²) < 4.78 is 12.8. The van der Waals surface area contributed by atoms with Gasteiger partial charge in [-0.05, 0) is 42.9 Å². The maximum atomic E-state index is 12.8. The highest BCUT2D eigenvalue weighted by Crippen LogP contribution is 2.27. The van der Waals surface area contributed by atoms with Crippen LogP contribution in [0.25, 0.3) is 0 Å². The number of carbonyl (C=O) groups excluding carboxylic acids is 1. The van der Waals surface area contributed by atoms with Crippen LogP contribution in [0.5, 0.6) is 0 Å². The van der Waals surface area contributed by atoms with Crippen LogP contribution in [0.4, 0.5) is 4.39 Å². The van der Waals surface area contributed by atoms with Gasteiger partial charge in [0.1, 0.15) is 5.82 Å². The van der Waals surface area contributed by atoms with Crippen molar-refractivity contribution in [2.24, 2.45) is 5.92 Å². The Morgan fingerprint density at radius 1 is 1.14 bits per heavy atom. The topological polar surface area (TPSA) is 29.1 Å². The van der Waals surface area contributed by atoms with Gasteiger partial charge in [-0.2, -0.15) is 0 Å². The first-order chi connectivity index (χ1) is 10.2. The van der Waals surface area contributed by atoms with Gasteiger partial charge in [0.05, 0.1) is 0 Å². The molecule has 1 saturated carbocycles. The fraction of sp³-hybridized carbons (Fsp3) is 0.611. The number of halogens is 1. The highest BCUT2D eigenvalue weighted by molar-refractivity contribution is 5.75. The fourth-order valence-electron chi connectivity index (χ4n) is 3.11. The average Bonchev–Trinajstić information content (AvgIpc) is 2.50. The number of rotatable bonds is 7. The Bertz CT molecular complexity index is 423. The van der Waals surface area contributed by atoms with Crippen molar-refractivity contribution in [2.45, 2.75) is 57.8 Å². The Hall–Kier alpha value is -1.38. The molecule has 0 unspecified atom stereocenters. The van der Waals surface area contributed by atoms with Crippen molar-refractivity contribution in [3.05, 3.63) is 35.6 Å². The van der Waals surface area contributed by atoms with E-state index >= 15 is 0 Å². The van der Waals surface area contributed by atoms with Crippen molar-refractivity contribution in [1.82, 2.24) is 5.32 Å². The Morgan fingerprint density at radius 2 is 1.86 bits per heavy atom. The minimum Gasteiger partial charge on any atom is -0.356 e. The lowest BCUT2D eigenvalue weighted by molar-refractivity contribution is -0.121. The fourth-order valence-corrected chi connectivity index (χ4v) is 3.11. The second-order valence-corrected chi connectivity index (χ2v) is 6.12. The van der Waals surface area contributed by atoms with Gasteiger partial charge in [0.15, 0.2) is 0 Å². The first kappa shape index (κ1) is 16.0. The maximum absolute atomic E-state index is 12.8. The van der Waals surface area contributed by atoms with E-state index in [0.717, 1.165) is 24.3 Å². The summed E-state index contributed by atoms with van der Waals surface area (Å²) in [6.07, 6.45) is 10.4. The van der Waals surface area contributed by atoms with Crippen LogP contribution in [-0.4, -0.2) is 12.5 Å². The molecule has 1 aliphatic rings. The smallest absolute Gasteiger partial charge is 0.220 e. The lowest BCUT2D eigenvalue weighted by Crippen LogP contribution is -2.25. The molecule has 0 heterocycles. The molecule has 0 bridgehead atoms. The lowest BCUT2D eigenvalue weighted by atomic mass is 9.86. The molecule has 116 valence electrons. The summed E-state index contributed by atoms with van der Waals surface area (Å²) in [5.74, 6) is 0.782. The molecule has 0 aromatic heterocycles. The van der Waals surface area contributed by atoms with Gasteiger partial charge >= 0.3 is 0 Å². The summed E-state index contributed by atoms with van der Waals surface area (Å²) in [6, 6.07) is 6.46. The number of nitrogens with one attached hydrogen (secondary N) is 1. The van der Waals surface area contributed by atoms with Crippen LogP contribution in [0.3, 0.4) is 0 Å². The van der Waals surface area contributed by atoms with E-state index in [4.69, 9.17) is 0 Å². The van der Waals surface area contributed by atoms with Gasteiger partial charge < -0.3 is 5.32 Å². The number of hydrogen-bond acceptors (Lipinski definition) is 1. The van der Waals surface area contributed by atoms with Crippen LogP contribution < -0.4 is 5.32 Å². The second kappa shape index (κ2) is 8.81. The predicted molar refractivity (Wildman–Crippen MR) is 83.5 cm³/mol. The molecule has 3 heteroatoms. The molecule has 0 saturated heterocycles. The zero-order valence-electron chi connectivity index (χ0n) is 12.7. The number of benzene rings is 1. The molecule has 0 aliphatic heterocycles. The van der Waals surface area contributed by atoms with Crippen LogP contribution in [0.15, 0.2) is 24.3 Å². The summed E-state index contributed by atoms with van der Waals surface area (Å²) in [4.78, 5) is 11.8. The third-order valence-corrected chi connectivity index (χ3v) is 4.39. The van der Waals surface area contributed by atoms with Crippen LogP contribution in [0.1, 0.15) is 56.9 Å². The number of carbonyl (C=O) groups is 1. The van der Waals surface area contributed by atoms with Crippen molar-refractivity contribution >= 4 is 5.91 Å². The van der Waals surface area contributed by atoms with Gasteiger partial charge in [0.2, 0.25) is 5.91 Å². The van der Waals surface area contributed by atoms with Crippen molar-refractivity contribution in [3.63, 3.8) is 0 Å². The third-order valence-electron chi connectivity index (χ3n) is 4.39. The van der Waals surface area contributed by atoms with Gasteiger partial charge in [-0.15, -0.1) is 0 Å². The van der Waals surface area contributed by atoms with E-state index < -0.39 is 0 Å². The summed E-state index contributed by atoms with van der Waals surface area (Å²) >= 11 is 0. The van der Waals surface area contributed by atoms with Gasteiger partial charge in [0, 0.05) is 13.0 Å². The molecule has 21 heavy (non-hydrogen) atoms. The molecule has 1 aliphatic carbocycles. The third kappa shape index (κ3) is 6.28. The quantitative estimate of drug-likeness (QED) is 0.800. The minimum atomic E-state index is -0.217. The van der Waals surface area contributed by atoms with Gasteiger partial charge in [0.25, 0.3) is 0 Å². The molecule has 1 N–H and O–H groups in total. The Morgan fingerprint density at radius 3 is 2.57 bits per heavy atom. The molecular weight excluding hydrogens is 265 g/mol. The summed E-state index contributed by atoms with van der Waals surface area (Å²) in [6.45, 7) is 0.633. The highest BCUT2D eigenvalue weighted by Gasteiger charge is 2.13. The van der Waals surface area contributed by atoms with Gasteiger partial charge in [-0.1, -0.05) is 44.2 Å². The minimum absolute atomic E-state index is 0.146. The van der Waals surface area contributed by atoms with Crippen LogP contribution >= 0.6 is 0 Å². The van der Waals surface area contributed by atoms with E-state index in [0.29, 0.717) is 13.0 Å². The number of hydrogen-bond donors (Lipinski definition) is 1. The standard InChI is InChI=1S/C18H26FNO/c19-17-11-9-16(10-12-17)13-14-20-18(21)8-4-7-15-5-2-1-3-6-15/h9-12,15H,1-8,13-14H2,(H,20,21).